The second-order valence-electron chi connectivity index (χ2n) is 8.01. The average Bonchev–Trinajstić information content (AvgIpc) is 2.81. The normalized spacial score (nSPS) is 14.0. The highest BCUT2D eigenvalue weighted by molar-refractivity contribution is 6.03. The highest BCUT2D eigenvalue weighted by Gasteiger charge is 2.15. The van der Waals surface area contributed by atoms with E-state index in [4.69, 9.17) is 4.74 Å². The van der Waals surface area contributed by atoms with Gasteiger partial charge < -0.3 is 15.0 Å². The number of carbonyl (C=O) groups excluding carboxylic acids is 1. The number of aryl methyl sites for hydroxylation is 1. The first kappa shape index (κ1) is 20.9. The smallest absolute Gasteiger partial charge is 0.276 e. The summed E-state index contributed by atoms with van der Waals surface area (Å²) in [7, 11) is 0. The number of morpholine rings is 1. The summed E-state index contributed by atoms with van der Waals surface area (Å²) in [6.45, 7) is 9.29. The number of nitrogens with one attached hydrogen (secondary N) is 1. The molecule has 0 radical (unpaired) electrons. The molecular formula is C24H27N5O2. The van der Waals surface area contributed by atoms with Crippen molar-refractivity contribution in [3.8, 4) is 11.1 Å². The summed E-state index contributed by atoms with van der Waals surface area (Å²) in [4.78, 5) is 19.5. The number of hydrogen-bond donors (Lipinski definition) is 1. The number of pyridine rings is 1. The van der Waals surface area contributed by atoms with Gasteiger partial charge in [-0.15, -0.1) is 5.10 Å². The number of ether oxygens (including phenoxy) is 1. The molecule has 31 heavy (non-hydrogen) atoms. The van der Waals surface area contributed by atoms with Crippen LogP contribution in [-0.4, -0.2) is 47.4 Å². The number of nitrogens with zero attached hydrogens (tertiary/aromatic N) is 4. The van der Waals surface area contributed by atoms with Gasteiger partial charge in [0, 0.05) is 25.0 Å². The van der Waals surface area contributed by atoms with Crippen molar-refractivity contribution in [2.75, 3.05) is 36.5 Å². The maximum Gasteiger partial charge on any atom is 0.276 e. The predicted octanol–water partition coefficient (Wildman–Crippen LogP) is 4.06. The minimum absolute atomic E-state index is 0.270. The van der Waals surface area contributed by atoms with E-state index in [9.17, 15) is 4.79 Å². The SMILES string of the molecule is Cc1ccc(NC(=O)c2cc(C(C)C)cnn2)cc1-c1ccnc(N2CCOCC2)c1. The van der Waals surface area contributed by atoms with Crippen LogP contribution in [0, 0.1) is 6.92 Å². The fraction of sp³-hybridized carbons (Fsp3) is 0.333. The van der Waals surface area contributed by atoms with Gasteiger partial charge in [-0.25, -0.2) is 4.98 Å². The molecule has 0 aliphatic carbocycles. The van der Waals surface area contributed by atoms with Crippen molar-refractivity contribution in [2.24, 2.45) is 0 Å². The first-order valence-electron chi connectivity index (χ1n) is 10.5. The summed E-state index contributed by atoms with van der Waals surface area (Å²) in [6.07, 6.45) is 3.53. The molecule has 0 unspecified atom stereocenters. The fourth-order valence-electron chi connectivity index (χ4n) is 3.57. The zero-order valence-electron chi connectivity index (χ0n) is 18.1. The van der Waals surface area contributed by atoms with Crippen molar-refractivity contribution in [3.05, 3.63) is 65.6 Å². The van der Waals surface area contributed by atoms with Gasteiger partial charge in [-0.3, -0.25) is 4.79 Å². The van der Waals surface area contributed by atoms with Gasteiger partial charge in [-0.2, -0.15) is 5.10 Å². The molecule has 0 bridgehead atoms. The van der Waals surface area contributed by atoms with E-state index in [0.29, 0.717) is 24.6 Å². The Morgan fingerprint density at radius 2 is 1.94 bits per heavy atom. The summed E-state index contributed by atoms with van der Waals surface area (Å²) < 4.78 is 5.45. The van der Waals surface area contributed by atoms with Crippen molar-refractivity contribution in [2.45, 2.75) is 26.7 Å². The van der Waals surface area contributed by atoms with Gasteiger partial charge >= 0.3 is 0 Å². The van der Waals surface area contributed by atoms with E-state index in [1.54, 1.807) is 12.3 Å². The Labute approximate surface area is 182 Å². The molecule has 7 heteroatoms. The van der Waals surface area contributed by atoms with Crippen molar-refractivity contribution in [1.29, 1.82) is 0 Å². The molecule has 1 aliphatic rings. The minimum Gasteiger partial charge on any atom is -0.378 e. The molecule has 2 aromatic heterocycles. The molecule has 0 saturated carbocycles. The van der Waals surface area contributed by atoms with Gasteiger partial charge in [-0.05, 0) is 65.4 Å². The van der Waals surface area contributed by atoms with Crippen LogP contribution < -0.4 is 10.2 Å². The number of aromatic nitrogens is 3. The summed E-state index contributed by atoms with van der Waals surface area (Å²) >= 11 is 0. The lowest BCUT2D eigenvalue weighted by molar-refractivity contribution is 0.102. The minimum atomic E-state index is -0.270. The van der Waals surface area contributed by atoms with Crippen molar-refractivity contribution >= 4 is 17.4 Å². The molecule has 1 fully saturated rings. The lowest BCUT2D eigenvalue weighted by Gasteiger charge is -2.28. The van der Waals surface area contributed by atoms with Crippen LogP contribution in [0.1, 0.15) is 41.4 Å². The molecule has 0 atom stereocenters. The third-order valence-electron chi connectivity index (χ3n) is 5.46. The van der Waals surface area contributed by atoms with Crippen LogP contribution in [0.25, 0.3) is 11.1 Å². The number of rotatable bonds is 5. The molecule has 160 valence electrons. The maximum atomic E-state index is 12.7. The van der Waals surface area contributed by atoms with Crippen LogP contribution in [0.15, 0.2) is 48.8 Å². The number of anilines is 2. The number of hydrogen-bond acceptors (Lipinski definition) is 6. The van der Waals surface area contributed by atoms with E-state index < -0.39 is 0 Å². The Bertz CT molecular complexity index is 1080. The van der Waals surface area contributed by atoms with Gasteiger partial charge in [0.15, 0.2) is 5.69 Å². The summed E-state index contributed by atoms with van der Waals surface area (Å²) in [5, 5.41) is 10.9. The van der Waals surface area contributed by atoms with Crippen LogP contribution in [-0.2, 0) is 4.74 Å². The number of benzene rings is 1. The molecule has 4 rings (SSSR count). The predicted molar refractivity (Wildman–Crippen MR) is 122 cm³/mol. The Kier molecular flexibility index (Phi) is 6.23. The van der Waals surface area contributed by atoms with Gasteiger partial charge in [0.2, 0.25) is 0 Å². The van der Waals surface area contributed by atoms with Crippen molar-refractivity contribution in [1.82, 2.24) is 15.2 Å². The van der Waals surface area contributed by atoms with Gasteiger partial charge in [0.1, 0.15) is 5.82 Å². The number of carbonyl (C=O) groups is 1. The fourth-order valence-corrected chi connectivity index (χ4v) is 3.57. The molecule has 0 spiro atoms. The molecule has 3 aromatic rings. The van der Waals surface area contributed by atoms with Crippen LogP contribution >= 0.6 is 0 Å². The molecular weight excluding hydrogens is 390 g/mol. The molecule has 1 saturated heterocycles. The first-order chi connectivity index (χ1) is 15.0. The highest BCUT2D eigenvalue weighted by atomic mass is 16.5. The second-order valence-corrected chi connectivity index (χ2v) is 8.01. The molecule has 7 nitrogen and oxygen atoms in total. The van der Waals surface area contributed by atoms with Crippen LogP contribution in [0.3, 0.4) is 0 Å². The molecule has 1 amide bonds. The Morgan fingerprint density at radius 3 is 2.71 bits per heavy atom. The molecule has 1 aromatic carbocycles. The van der Waals surface area contributed by atoms with Crippen molar-refractivity contribution < 1.29 is 9.53 Å². The molecule has 3 heterocycles. The largest absolute Gasteiger partial charge is 0.378 e. The summed E-state index contributed by atoms with van der Waals surface area (Å²) in [6, 6.07) is 11.8. The lowest BCUT2D eigenvalue weighted by Crippen LogP contribution is -2.36. The topological polar surface area (TPSA) is 80.2 Å². The van der Waals surface area contributed by atoms with Crippen molar-refractivity contribution in [3.63, 3.8) is 0 Å². The third-order valence-corrected chi connectivity index (χ3v) is 5.46. The molecule has 1 N–H and O–H groups in total. The number of amides is 1. The summed E-state index contributed by atoms with van der Waals surface area (Å²) in [5.41, 5.74) is 5.25. The quantitative estimate of drug-likeness (QED) is 0.674. The van der Waals surface area contributed by atoms with E-state index in [0.717, 1.165) is 41.2 Å². The van der Waals surface area contributed by atoms with Gasteiger partial charge in [0.25, 0.3) is 5.91 Å². The van der Waals surface area contributed by atoms with Gasteiger partial charge in [0.05, 0.1) is 19.4 Å². The first-order valence-corrected chi connectivity index (χ1v) is 10.5. The second kappa shape index (κ2) is 9.22. The van der Waals surface area contributed by atoms with Crippen LogP contribution in [0.4, 0.5) is 11.5 Å². The monoisotopic (exact) mass is 417 g/mol. The van der Waals surface area contributed by atoms with E-state index in [-0.39, 0.29) is 11.8 Å². The standard InChI is InChI=1S/C24H27N5O2/c1-16(2)19-12-22(28-26-15-19)24(30)27-20-5-4-17(3)21(14-20)18-6-7-25-23(13-18)29-8-10-31-11-9-29/h4-7,12-16H,8-11H2,1-3H3,(H,27,30). The van der Waals surface area contributed by atoms with Crippen LogP contribution in [0.2, 0.25) is 0 Å². The average molecular weight is 418 g/mol. The zero-order valence-corrected chi connectivity index (χ0v) is 18.1. The van der Waals surface area contributed by atoms with Gasteiger partial charge in [-0.1, -0.05) is 19.9 Å². The summed E-state index contributed by atoms with van der Waals surface area (Å²) in [5.74, 6) is 0.948. The van der Waals surface area contributed by atoms with E-state index in [1.165, 1.54) is 0 Å². The Morgan fingerprint density at radius 1 is 1.13 bits per heavy atom. The van der Waals surface area contributed by atoms with Crippen LogP contribution in [0.5, 0.6) is 0 Å². The maximum absolute atomic E-state index is 12.7. The zero-order chi connectivity index (χ0) is 21.8. The Balaban J connectivity index is 1.58. The molecule has 1 aliphatic heterocycles. The van der Waals surface area contributed by atoms with E-state index in [1.807, 2.05) is 30.5 Å². The van der Waals surface area contributed by atoms with E-state index in [2.05, 4.69) is 52.2 Å². The highest BCUT2D eigenvalue weighted by Crippen LogP contribution is 2.29. The third kappa shape index (κ3) is 4.88. The Hall–Kier alpha value is -3.32. The van der Waals surface area contributed by atoms with E-state index >= 15 is 0 Å². The lowest BCUT2D eigenvalue weighted by atomic mass is 10.0.